The van der Waals surface area contributed by atoms with Crippen LogP contribution in [0.5, 0.6) is 11.5 Å². The molecule has 1 fully saturated rings. The lowest BCUT2D eigenvalue weighted by Crippen LogP contribution is -2.54. The molecule has 0 atom stereocenters. The minimum atomic E-state index is -0.894. The average molecular weight is 463 g/mol. The molecule has 0 bridgehead atoms. The molecule has 9 heteroatoms. The van der Waals surface area contributed by atoms with Gasteiger partial charge in [0, 0.05) is 11.9 Å². The van der Waals surface area contributed by atoms with Crippen LogP contribution in [0.15, 0.2) is 66.4 Å². The molecule has 174 valence electrons. The van der Waals surface area contributed by atoms with Crippen molar-refractivity contribution in [2.75, 3.05) is 18.6 Å². The van der Waals surface area contributed by atoms with Gasteiger partial charge < -0.3 is 14.0 Å². The lowest BCUT2D eigenvalue weighted by atomic mass is 10.1. The van der Waals surface area contributed by atoms with E-state index >= 15 is 0 Å². The van der Waals surface area contributed by atoms with Gasteiger partial charge in [0.2, 0.25) is 0 Å². The number of hydrogen-bond acceptors (Lipinski definition) is 5. The van der Waals surface area contributed by atoms with Crippen molar-refractivity contribution < 1.29 is 28.2 Å². The maximum absolute atomic E-state index is 13.3. The number of ether oxygens (including phenoxy) is 2. The first-order valence-corrected chi connectivity index (χ1v) is 10.5. The summed E-state index contributed by atoms with van der Waals surface area (Å²) in [7, 11) is 1.57. The van der Waals surface area contributed by atoms with Gasteiger partial charge in [-0.05, 0) is 67.1 Å². The van der Waals surface area contributed by atoms with Gasteiger partial charge in [-0.1, -0.05) is 6.07 Å². The van der Waals surface area contributed by atoms with Crippen LogP contribution >= 0.6 is 0 Å². The lowest BCUT2D eigenvalue weighted by molar-refractivity contribution is -0.122. The molecule has 4 rings (SSSR count). The number of carbonyl (C=O) groups is 3. The number of imide groups is 2. The molecule has 1 saturated heterocycles. The number of nitrogens with one attached hydrogen (secondary N) is 1. The van der Waals surface area contributed by atoms with Crippen LogP contribution in [0.25, 0.3) is 6.08 Å². The minimum Gasteiger partial charge on any atom is -0.493 e. The summed E-state index contributed by atoms with van der Waals surface area (Å²) in [5, 5.41) is 2.15. The van der Waals surface area contributed by atoms with E-state index in [9.17, 15) is 18.8 Å². The number of carbonyl (C=O) groups excluding carboxylic acids is 3. The second-order valence-electron chi connectivity index (χ2n) is 7.56. The Hall–Kier alpha value is -4.40. The number of barbiturate groups is 1. The highest BCUT2D eigenvalue weighted by atomic mass is 19.1. The number of urea groups is 1. The summed E-state index contributed by atoms with van der Waals surface area (Å²) < 4.78 is 26.3. The van der Waals surface area contributed by atoms with Gasteiger partial charge in [0.05, 0.1) is 19.3 Å². The minimum absolute atomic E-state index is 0.151. The van der Waals surface area contributed by atoms with Crippen LogP contribution in [0, 0.1) is 12.7 Å². The number of benzene rings is 2. The fourth-order valence-corrected chi connectivity index (χ4v) is 3.54. The average Bonchev–Trinajstić information content (AvgIpc) is 3.25. The van der Waals surface area contributed by atoms with E-state index in [1.54, 1.807) is 25.4 Å². The molecule has 1 aliphatic heterocycles. The Morgan fingerprint density at radius 1 is 1.03 bits per heavy atom. The third kappa shape index (κ3) is 4.68. The van der Waals surface area contributed by atoms with E-state index in [1.165, 1.54) is 18.2 Å². The van der Waals surface area contributed by atoms with Crippen LogP contribution in [-0.4, -0.2) is 36.1 Å². The van der Waals surface area contributed by atoms with E-state index in [0.717, 1.165) is 22.6 Å². The van der Waals surface area contributed by atoms with E-state index in [4.69, 9.17) is 9.47 Å². The zero-order chi connectivity index (χ0) is 24.2. The molecule has 0 radical (unpaired) electrons. The molecule has 1 aromatic heterocycles. The van der Waals surface area contributed by atoms with Crippen molar-refractivity contribution in [3.63, 3.8) is 0 Å². The van der Waals surface area contributed by atoms with Crippen LogP contribution in [0.3, 0.4) is 0 Å². The molecule has 4 amide bonds. The number of rotatable bonds is 7. The Morgan fingerprint density at radius 2 is 1.79 bits per heavy atom. The van der Waals surface area contributed by atoms with Crippen LogP contribution in [0.1, 0.15) is 11.3 Å². The molecular weight excluding hydrogens is 441 g/mol. The Bertz CT molecular complexity index is 1280. The molecule has 8 nitrogen and oxygen atoms in total. The predicted molar refractivity (Wildman–Crippen MR) is 123 cm³/mol. The lowest BCUT2D eigenvalue weighted by Gasteiger charge is -2.26. The number of nitrogens with zero attached hydrogens (tertiary/aromatic N) is 2. The highest BCUT2D eigenvalue weighted by Crippen LogP contribution is 2.28. The van der Waals surface area contributed by atoms with Crippen LogP contribution < -0.4 is 19.7 Å². The van der Waals surface area contributed by atoms with Crippen LogP contribution in [-0.2, 0) is 16.1 Å². The smallest absolute Gasteiger partial charge is 0.335 e. The summed E-state index contributed by atoms with van der Waals surface area (Å²) >= 11 is 0. The third-order valence-corrected chi connectivity index (χ3v) is 5.25. The monoisotopic (exact) mass is 463 g/mol. The fourth-order valence-electron chi connectivity index (χ4n) is 3.54. The van der Waals surface area contributed by atoms with E-state index in [0.29, 0.717) is 30.3 Å². The van der Waals surface area contributed by atoms with E-state index in [-0.39, 0.29) is 11.3 Å². The quantitative estimate of drug-likeness (QED) is 0.426. The van der Waals surface area contributed by atoms with Crippen molar-refractivity contribution in [3.05, 3.63) is 83.4 Å². The van der Waals surface area contributed by atoms with E-state index in [2.05, 4.69) is 5.32 Å². The fraction of sp³-hybridized carbons (Fsp3) is 0.160. The second-order valence-corrected chi connectivity index (χ2v) is 7.56. The highest BCUT2D eigenvalue weighted by Gasteiger charge is 2.37. The molecule has 2 aromatic carbocycles. The molecule has 1 N–H and O–H groups in total. The third-order valence-electron chi connectivity index (χ3n) is 5.25. The second kappa shape index (κ2) is 9.62. The van der Waals surface area contributed by atoms with Crippen molar-refractivity contribution in [1.82, 2.24) is 9.88 Å². The summed E-state index contributed by atoms with van der Waals surface area (Å²) in [6.07, 6.45) is 3.20. The zero-order valence-corrected chi connectivity index (χ0v) is 18.6. The number of halogens is 1. The molecule has 0 aliphatic carbocycles. The Labute approximate surface area is 195 Å². The van der Waals surface area contributed by atoms with Gasteiger partial charge in [-0.15, -0.1) is 0 Å². The van der Waals surface area contributed by atoms with E-state index < -0.39 is 23.7 Å². The van der Waals surface area contributed by atoms with Crippen molar-refractivity contribution in [2.24, 2.45) is 0 Å². The molecule has 0 spiro atoms. The normalized spacial score (nSPS) is 15.0. The number of aryl methyl sites for hydroxylation is 1. The molecule has 0 unspecified atom stereocenters. The molecule has 2 heterocycles. The topological polar surface area (TPSA) is 89.9 Å². The number of aromatic nitrogens is 1. The van der Waals surface area contributed by atoms with Crippen molar-refractivity contribution in [2.45, 2.75) is 13.5 Å². The van der Waals surface area contributed by atoms with Gasteiger partial charge in [-0.3, -0.25) is 14.9 Å². The predicted octanol–water partition coefficient (Wildman–Crippen LogP) is 3.69. The molecule has 3 aromatic rings. The Kier molecular flexibility index (Phi) is 6.44. The van der Waals surface area contributed by atoms with E-state index in [1.807, 2.05) is 29.7 Å². The van der Waals surface area contributed by atoms with Gasteiger partial charge in [-0.25, -0.2) is 14.1 Å². The van der Waals surface area contributed by atoms with Crippen molar-refractivity contribution in [1.29, 1.82) is 0 Å². The first-order chi connectivity index (χ1) is 16.4. The SMILES string of the molecule is COc1cc(C)ccc1OCCn1cccc1C=C1C(=O)NC(=O)N(c2ccc(F)cc2)C1=O. The van der Waals surface area contributed by atoms with Crippen LogP contribution in [0.2, 0.25) is 0 Å². The van der Waals surface area contributed by atoms with Crippen molar-refractivity contribution in [3.8, 4) is 11.5 Å². The maximum Gasteiger partial charge on any atom is 0.335 e. The summed E-state index contributed by atoms with van der Waals surface area (Å²) in [4.78, 5) is 38.5. The molecular formula is C25H22FN3O5. The van der Waals surface area contributed by atoms with Crippen LogP contribution in [0.4, 0.5) is 14.9 Å². The molecule has 0 saturated carbocycles. The first kappa shape index (κ1) is 22.8. The van der Waals surface area contributed by atoms with Gasteiger partial charge in [0.25, 0.3) is 11.8 Å². The number of anilines is 1. The number of hydrogen-bond donors (Lipinski definition) is 1. The standard InChI is InChI=1S/C25H22FN3O5/c1-16-5-10-21(22(14-16)33-2)34-13-12-28-11-3-4-19(28)15-20-23(30)27-25(32)29(24(20)31)18-8-6-17(26)7-9-18/h3-11,14-15H,12-13H2,1-2H3,(H,27,30,32). The molecule has 34 heavy (non-hydrogen) atoms. The number of amides is 4. The Morgan fingerprint density at radius 3 is 2.53 bits per heavy atom. The summed E-state index contributed by atoms with van der Waals surface area (Å²) in [5.41, 5.74) is 1.56. The van der Waals surface area contributed by atoms with Gasteiger partial charge in [0.1, 0.15) is 18.0 Å². The van der Waals surface area contributed by atoms with Crippen molar-refractivity contribution >= 4 is 29.6 Å². The maximum atomic E-state index is 13.3. The highest BCUT2D eigenvalue weighted by molar-refractivity contribution is 6.39. The summed E-state index contributed by atoms with van der Waals surface area (Å²) in [6.45, 7) is 2.70. The van der Waals surface area contributed by atoms with Gasteiger partial charge in [0.15, 0.2) is 11.5 Å². The Balaban J connectivity index is 1.52. The summed E-state index contributed by atoms with van der Waals surface area (Å²) in [6, 6.07) is 13.1. The largest absolute Gasteiger partial charge is 0.493 e. The summed E-state index contributed by atoms with van der Waals surface area (Å²) in [5.74, 6) is -0.875. The zero-order valence-electron chi connectivity index (χ0n) is 18.6. The van der Waals surface area contributed by atoms with Gasteiger partial charge in [-0.2, -0.15) is 0 Å². The van der Waals surface area contributed by atoms with Gasteiger partial charge >= 0.3 is 6.03 Å². The first-order valence-electron chi connectivity index (χ1n) is 10.5. The number of methoxy groups -OCH3 is 1. The molecule has 1 aliphatic rings.